The Labute approximate surface area is 146 Å². The SMILES string of the molecule is CC1=C(CCN2C[C@@H](Cc3cnccn3)[C@H](O)C2)C(C)(C)CCC1. The van der Waals surface area contributed by atoms with Gasteiger partial charge in [0.05, 0.1) is 11.8 Å². The molecular formula is C20H31N3O. The molecule has 0 amide bonds. The first kappa shape index (κ1) is 17.6. The Morgan fingerprint density at radius 1 is 1.29 bits per heavy atom. The second kappa shape index (κ2) is 7.32. The highest BCUT2D eigenvalue weighted by Crippen LogP contribution is 2.41. The van der Waals surface area contributed by atoms with Crippen molar-refractivity contribution in [2.75, 3.05) is 19.6 Å². The molecule has 0 saturated carbocycles. The fourth-order valence-corrected chi connectivity index (χ4v) is 4.53. The van der Waals surface area contributed by atoms with E-state index < -0.39 is 0 Å². The van der Waals surface area contributed by atoms with Crippen molar-refractivity contribution in [2.45, 2.75) is 59.0 Å². The lowest BCUT2D eigenvalue weighted by atomic mass is 9.71. The maximum atomic E-state index is 10.4. The van der Waals surface area contributed by atoms with E-state index in [1.54, 1.807) is 23.5 Å². The van der Waals surface area contributed by atoms with Crippen LogP contribution >= 0.6 is 0 Å². The third kappa shape index (κ3) is 4.04. The molecule has 24 heavy (non-hydrogen) atoms. The molecule has 0 spiro atoms. The maximum absolute atomic E-state index is 10.4. The maximum Gasteiger partial charge on any atom is 0.0711 e. The van der Waals surface area contributed by atoms with Gasteiger partial charge in [-0.25, -0.2) is 0 Å². The normalized spacial score (nSPS) is 27.7. The van der Waals surface area contributed by atoms with Gasteiger partial charge in [-0.3, -0.25) is 9.97 Å². The van der Waals surface area contributed by atoms with E-state index in [2.05, 4.69) is 35.6 Å². The highest BCUT2D eigenvalue weighted by atomic mass is 16.3. The lowest BCUT2D eigenvalue weighted by molar-refractivity contribution is 0.141. The Bertz CT molecular complexity index is 582. The minimum atomic E-state index is -0.249. The van der Waals surface area contributed by atoms with Crippen LogP contribution in [0.1, 0.15) is 52.1 Å². The Hall–Kier alpha value is -1.26. The molecule has 3 rings (SSSR count). The van der Waals surface area contributed by atoms with E-state index >= 15 is 0 Å². The first-order chi connectivity index (χ1) is 11.5. The van der Waals surface area contributed by atoms with Gasteiger partial charge in [-0.05, 0) is 44.4 Å². The van der Waals surface area contributed by atoms with E-state index in [0.29, 0.717) is 5.41 Å². The molecule has 1 aromatic rings. The van der Waals surface area contributed by atoms with Crippen LogP contribution in [-0.4, -0.2) is 45.7 Å². The van der Waals surface area contributed by atoms with Crippen LogP contribution in [0.15, 0.2) is 29.7 Å². The van der Waals surface area contributed by atoms with Crippen molar-refractivity contribution in [3.05, 3.63) is 35.4 Å². The van der Waals surface area contributed by atoms with Gasteiger partial charge in [0.2, 0.25) is 0 Å². The zero-order chi connectivity index (χ0) is 17.2. The summed E-state index contributed by atoms with van der Waals surface area (Å²) in [6.45, 7) is 9.90. The molecular weight excluding hydrogens is 298 g/mol. The van der Waals surface area contributed by atoms with E-state index in [4.69, 9.17) is 0 Å². The summed E-state index contributed by atoms with van der Waals surface area (Å²) in [7, 11) is 0. The number of nitrogens with zero attached hydrogens (tertiary/aromatic N) is 3. The highest BCUT2D eigenvalue weighted by Gasteiger charge is 2.33. The summed E-state index contributed by atoms with van der Waals surface area (Å²) in [6.07, 6.45) is 10.8. The van der Waals surface area contributed by atoms with Gasteiger partial charge >= 0.3 is 0 Å². The quantitative estimate of drug-likeness (QED) is 0.843. The minimum absolute atomic E-state index is 0.249. The Morgan fingerprint density at radius 2 is 2.12 bits per heavy atom. The summed E-state index contributed by atoms with van der Waals surface area (Å²) in [4.78, 5) is 10.9. The summed E-state index contributed by atoms with van der Waals surface area (Å²) >= 11 is 0. The number of allylic oxidation sites excluding steroid dienone is 1. The van der Waals surface area contributed by atoms with E-state index in [-0.39, 0.29) is 12.0 Å². The van der Waals surface area contributed by atoms with E-state index in [0.717, 1.165) is 38.2 Å². The molecule has 2 atom stereocenters. The number of aliphatic hydroxyl groups is 1. The number of aliphatic hydroxyl groups excluding tert-OH is 1. The molecule has 4 nitrogen and oxygen atoms in total. The lowest BCUT2D eigenvalue weighted by Gasteiger charge is -2.35. The zero-order valence-electron chi connectivity index (χ0n) is 15.3. The Kier molecular flexibility index (Phi) is 5.36. The third-order valence-corrected chi connectivity index (χ3v) is 5.93. The van der Waals surface area contributed by atoms with Crippen LogP contribution in [0, 0.1) is 11.3 Å². The summed E-state index contributed by atoms with van der Waals surface area (Å²) in [6, 6.07) is 0. The van der Waals surface area contributed by atoms with Gasteiger partial charge in [-0.2, -0.15) is 0 Å². The van der Waals surface area contributed by atoms with E-state index in [9.17, 15) is 5.11 Å². The number of rotatable bonds is 5. The van der Waals surface area contributed by atoms with Gasteiger partial charge in [0.1, 0.15) is 0 Å². The average molecular weight is 329 g/mol. The number of likely N-dealkylation sites (tertiary alicyclic amines) is 1. The number of hydrogen-bond donors (Lipinski definition) is 1. The van der Waals surface area contributed by atoms with Crippen molar-refractivity contribution in [3.8, 4) is 0 Å². The minimum Gasteiger partial charge on any atom is -0.391 e. The van der Waals surface area contributed by atoms with Gasteiger partial charge < -0.3 is 10.0 Å². The van der Waals surface area contributed by atoms with Crippen LogP contribution in [0.25, 0.3) is 0 Å². The van der Waals surface area contributed by atoms with Crippen LogP contribution in [0.2, 0.25) is 0 Å². The van der Waals surface area contributed by atoms with Crippen LogP contribution in [0.5, 0.6) is 0 Å². The molecule has 1 aromatic heterocycles. The largest absolute Gasteiger partial charge is 0.391 e. The van der Waals surface area contributed by atoms with Crippen LogP contribution in [-0.2, 0) is 6.42 Å². The van der Waals surface area contributed by atoms with Gasteiger partial charge in [-0.15, -0.1) is 0 Å². The van der Waals surface area contributed by atoms with E-state index in [1.165, 1.54) is 19.3 Å². The average Bonchev–Trinajstić information content (AvgIpc) is 2.87. The molecule has 1 N–H and O–H groups in total. The monoisotopic (exact) mass is 329 g/mol. The smallest absolute Gasteiger partial charge is 0.0711 e. The van der Waals surface area contributed by atoms with Crippen molar-refractivity contribution >= 4 is 0 Å². The molecule has 1 fully saturated rings. The molecule has 1 aliphatic heterocycles. The number of hydrogen-bond acceptors (Lipinski definition) is 4. The summed E-state index contributed by atoms with van der Waals surface area (Å²) in [5.74, 6) is 0.274. The highest BCUT2D eigenvalue weighted by molar-refractivity contribution is 5.22. The van der Waals surface area contributed by atoms with Crippen molar-refractivity contribution in [3.63, 3.8) is 0 Å². The molecule has 2 heterocycles. The summed E-state index contributed by atoms with van der Waals surface area (Å²) < 4.78 is 0. The van der Waals surface area contributed by atoms with Crippen molar-refractivity contribution < 1.29 is 5.11 Å². The van der Waals surface area contributed by atoms with Crippen LogP contribution in [0.3, 0.4) is 0 Å². The Balaban J connectivity index is 1.56. The van der Waals surface area contributed by atoms with Gasteiger partial charge in [0.15, 0.2) is 0 Å². The fraction of sp³-hybridized carbons (Fsp3) is 0.700. The van der Waals surface area contributed by atoms with Gasteiger partial charge in [0.25, 0.3) is 0 Å². The summed E-state index contributed by atoms with van der Waals surface area (Å²) in [5, 5.41) is 10.4. The standard InChI is InChI=1S/C20H31N3O/c1-15-5-4-7-20(2,3)18(15)6-10-23-13-16(19(24)14-23)11-17-12-21-8-9-22-17/h8-9,12,16,19,24H,4-7,10-11,13-14H2,1-3H3/t16-,19-/m1/s1. The number of β-amino-alcohol motifs (C(OH)–C–C–N with tert-alkyl or cyclic N) is 1. The molecule has 4 heteroatoms. The molecule has 0 aromatic carbocycles. The van der Waals surface area contributed by atoms with E-state index in [1.807, 2.05) is 6.20 Å². The lowest BCUT2D eigenvalue weighted by Crippen LogP contribution is -2.27. The predicted molar refractivity (Wildman–Crippen MR) is 96.6 cm³/mol. The zero-order valence-corrected chi connectivity index (χ0v) is 15.3. The first-order valence-electron chi connectivity index (χ1n) is 9.30. The second-order valence-electron chi connectivity index (χ2n) is 8.23. The molecule has 1 saturated heterocycles. The molecule has 0 bridgehead atoms. The molecule has 132 valence electrons. The van der Waals surface area contributed by atoms with Crippen molar-refractivity contribution in [2.24, 2.45) is 11.3 Å². The molecule has 0 radical (unpaired) electrons. The van der Waals surface area contributed by atoms with Crippen LogP contribution in [0.4, 0.5) is 0 Å². The fourth-order valence-electron chi connectivity index (χ4n) is 4.53. The first-order valence-corrected chi connectivity index (χ1v) is 9.30. The third-order valence-electron chi connectivity index (χ3n) is 5.93. The van der Waals surface area contributed by atoms with Gasteiger partial charge in [0, 0.05) is 44.1 Å². The predicted octanol–water partition coefficient (Wildman–Crippen LogP) is 3.23. The van der Waals surface area contributed by atoms with Crippen molar-refractivity contribution in [1.82, 2.24) is 14.9 Å². The second-order valence-corrected chi connectivity index (χ2v) is 8.23. The van der Waals surface area contributed by atoms with Gasteiger partial charge in [-0.1, -0.05) is 25.0 Å². The Morgan fingerprint density at radius 3 is 2.83 bits per heavy atom. The summed E-state index contributed by atoms with van der Waals surface area (Å²) in [5.41, 5.74) is 4.58. The molecule has 1 aliphatic carbocycles. The topological polar surface area (TPSA) is 49.2 Å². The van der Waals surface area contributed by atoms with Crippen LogP contribution < -0.4 is 0 Å². The van der Waals surface area contributed by atoms with Crippen molar-refractivity contribution in [1.29, 1.82) is 0 Å². The number of aromatic nitrogens is 2. The molecule has 2 aliphatic rings. The molecule has 0 unspecified atom stereocenters.